The molecule has 1 aromatic heterocycles. The van der Waals surface area contributed by atoms with Crippen molar-refractivity contribution in [3.63, 3.8) is 0 Å². The number of benzene rings is 1. The van der Waals surface area contributed by atoms with Crippen molar-refractivity contribution in [3.8, 4) is 11.3 Å². The van der Waals surface area contributed by atoms with Crippen LogP contribution in [0.5, 0.6) is 0 Å². The summed E-state index contributed by atoms with van der Waals surface area (Å²) in [6.45, 7) is 0. The Bertz CT molecular complexity index is 716. The van der Waals surface area contributed by atoms with Crippen LogP contribution in [0.4, 0.5) is 5.69 Å². The molecule has 2 aromatic rings. The zero-order valence-electron chi connectivity index (χ0n) is 11.8. The van der Waals surface area contributed by atoms with E-state index in [1.807, 2.05) is 0 Å². The minimum atomic E-state index is -0.739. The van der Waals surface area contributed by atoms with Crippen molar-refractivity contribution >= 4 is 17.6 Å². The zero-order valence-corrected chi connectivity index (χ0v) is 11.8. The highest BCUT2D eigenvalue weighted by atomic mass is 16.6. The molecule has 2 rings (SSSR count). The van der Waals surface area contributed by atoms with Crippen LogP contribution in [0.3, 0.4) is 0 Å². The summed E-state index contributed by atoms with van der Waals surface area (Å²) in [5.41, 5.74) is 0.636. The lowest BCUT2D eigenvalue weighted by Gasteiger charge is -2.00. The van der Waals surface area contributed by atoms with E-state index in [1.54, 1.807) is 6.07 Å². The molecule has 0 atom stereocenters. The Morgan fingerprint density at radius 2 is 1.82 bits per heavy atom. The zero-order chi connectivity index (χ0) is 16.3. The van der Waals surface area contributed by atoms with E-state index in [4.69, 9.17) is 0 Å². The van der Waals surface area contributed by atoms with Crippen molar-refractivity contribution in [2.24, 2.45) is 0 Å². The molecular formula is C14H12N2O6. The van der Waals surface area contributed by atoms with Crippen LogP contribution >= 0.6 is 0 Å². The summed E-state index contributed by atoms with van der Waals surface area (Å²) in [6.07, 6.45) is 0. The second-order valence-corrected chi connectivity index (χ2v) is 4.26. The van der Waals surface area contributed by atoms with Gasteiger partial charge in [0.2, 0.25) is 0 Å². The van der Waals surface area contributed by atoms with Gasteiger partial charge in [-0.2, -0.15) is 0 Å². The third-order valence-corrected chi connectivity index (χ3v) is 2.98. The molecule has 0 amide bonds. The van der Waals surface area contributed by atoms with Crippen molar-refractivity contribution in [3.05, 3.63) is 51.7 Å². The van der Waals surface area contributed by atoms with Crippen molar-refractivity contribution in [1.29, 1.82) is 0 Å². The van der Waals surface area contributed by atoms with Crippen LogP contribution in [0, 0.1) is 10.1 Å². The molecule has 0 fully saturated rings. The number of non-ortho nitro benzene ring substituents is 1. The van der Waals surface area contributed by atoms with Gasteiger partial charge >= 0.3 is 11.9 Å². The highest BCUT2D eigenvalue weighted by Gasteiger charge is 2.23. The van der Waals surface area contributed by atoms with Gasteiger partial charge in [-0.25, -0.2) is 9.59 Å². The molecule has 0 bridgehead atoms. The highest BCUT2D eigenvalue weighted by molar-refractivity contribution is 6.03. The van der Waals surface area contributed by atoms with Crippen molar-refractivity contribution < 1.29 is 24.0 Å². The second-order valence-electron chi connectivity index (χ2n) is 4.26. The molecule has 1 aromatic carbocycles. The number of hydrogen-bond acceptors (Lipinski definition) is 6. The Labute approximate surface area is 124 Å². The smallest absolute Gasteiger partial charge is 0.355 e. The monoisotopic (exact) mass is 304 g/mol. The molecule has 8 nitrogen and oxygen atoms in total. The summed E-state index contributed by atoms with van der Waals surface area (Å²) in [4.78, 5) is 36.4. The first kappa shape index (κ1) is 15.2. The number of hydrogen-bond donors (Lipinski definition) is 1. The molecule has 0 saturated carbocycles. The average Bonchev–Trinajstić information content (AvgIpc) is 2.98. The Morgan fingerprint density at radius 1 is 1.14 bits per heavy atom. The van der Waals surface area contributed by atoms with Crippen LogP contribution in [0.15, 0.2) is 30.3 Å². The molecule has 0 saturated heterocycles. The number of H-pyrrole nitrogens is 1. The molecule has 114 valence electrons. The number of nitrogens with one attached hydrogen (secondary N) is 1. The van der Waals surface area contributed by atoms with Gasteiger partial charge in [-0.3, -0.25) is 10.1 Å². The van der Waals surface area contributed by atoms with Crippen LogP contribution in [0.25, 0.3) is 11.3 Å². The average molecular weight is 304 g/mol. The van der Waals surface area contributed by atoms with Crippen molar-refractivity contribution in [1.82, 2.24) is 4.98 Å². The van der Waals surface area contributed by atoms with Gasteiger partial charge in [0.25, 0.3) is 5.69 Å². The predicted octanol–water partition coefficient (Wildman–Crippen LogP) is 2.16. The fourth-order valence-corrected chi connectivity index (χ4v) is 1.93. The van der Waals surface area contributed by atoms with Gasteiger partial charge in [0.05, 0.1) is 24.7 Å². The van der Waals surface area contributed by atoms with E-state index < -0.39 is 16.9 Å². The summed E-state index contributed by atoms with van der Waals surface area (Å²) >= 11 is 0. The fraction of sp³-hybridized carbons (Fsp3) is 0.143. The molecule has 0 aliphatic rings. The number of aromatic nitrogens is 1. The molecule has 0 aliphatic heterocycles. The number of rotatable bonds is 4. The minimum Gasteiger partial charge on any atom is -0.465 e. The van der Waals surface area contributed by atoms with Crippen LogP contribution in [0.1, 0.15) is 20.8 Å². The van der Waals surface area contributed by atoms with Gasteiger partial charge < -0.3 is 14.5 Å². The van der Waals surface area contributed by atoms with Gasteiger partial charge in [-0.1, -0.05) is 12.1 Å². The fourth-order valence-electron chi connectivity index (χ4n) is 1.93. The summed E-state index contributed by atoms with van der Waals surface area (Å²) in [5.74, 6) is -1.45. The van der Waals surface area contributed by atoms with E-state index in [2.05, 4.69) is 14.5 Å². The van der Waals surface area contributed by atoms with Gasteiger partial charge in [0.15, 0.2) is 0 Å². The third-order valence-electron chi connectivity index (χ3n) is 2.98. The number of nitro benzene ring substituents is 1. The maximum atomic E-state index is 11.7. The van der Waals surface area contributed by atoms with E-state index in [-0.39, 0.29) is 16.9 Å². The molecule has 0 radical (unpaired) electrons. The number of methoxy groups -OCH3 is 2. The van der Waals surface area contributed by atoms with Gasteiger partial charge in [-0.05, 0) is 6.07 Å². The molecule has 22 heavy (non-hydrogen) atoms. The Balaban J connectivity index is 2.55. The van der Waals surface area contributed by atoms with E-state index in [0.717, 1.165) is 0 Å². The number of nitrogens with zero attached hydrogens (tertiary/aromatic N) is 1. The standard InChI is InChI=1S/C14H12N2O6/c1-21-13(17)10-7-11(15-12(10)14(18)22-2)8-4-3-5-9(6-8)16(19)20/h3-7,15H,1-2H3. The summed E-state index contributed by atoms with van der Waals surface area (Å²) in [6, 6.07) is 7.17. The Morgan fingerprint density at radius 3 is 2.41 bits per heavy atom. The maximum Gasteiger partial charge on any atom is 0.355 e. The molecule has 1 heterocycles. The first-order chi connectivity index (χ1) is 10.5. The van der Waals surface area contributed by atoms with Crippen LogP contribution in [-0.4, -0.2) is 36.1 Å². The largest absolute Gasteiger partial charge is 0.465 e. The van der Waals surface area contributed by atoms with Crippen LogP contribution in [-0.2, 0) is 9.47 Å². The quantitative estimate of drug-likeness (QED) is 0.526. The number of esters is 2. The van der Waals surface area contributed by atoms with E-state index in [1.165, 1.54) is 38.5 Å². The number of nitro groups is 1. The summed E-state index contributed by atoms with van der Waals surface area (Å²) in [5, 5.41) is 10.8. The minimum absolute atomic E-state index is 0.00384. The van der Waals surface area contributed by atoms with E-state index in [0.29, 0.717) is 11.3 Å². The van der Waals surface area contributed by atoms with Crippen molar-refractivity contribution in [2.75, 3.05) is 14.2 Å². The van der Waals surface area contributed by atoms with Crippen LogP contribution < -0.4 is 0 Å². The predicted molar refractivity (Wildman–Crippen MR) is 75.6 cm³/mol. The molecule has 0 spiro atoms. The van der Waals surface area contributed by atoms with E-state index >= 15 is 0 Å². The lowest BCUT2D eigenvalue weighted by molar-refractivity contribution is -0.384. The van der Waals surface area contributed by atoms with Crippen LogP contribution in [0.2, 0.25) is 0 Å². The lowest BCUT2D eigenvalue weighted by Crippen LogP contribution is -2.10. The summed E-state index contributed by atoms with van der Waals surface area (Å²) in [7, 11) is 2.36. The first-order valence-electron chi connectivity index (χ1n) is 6.12. The number of carbonyl (C=O) groups excluding carboxylic acids is 2. The number of carbonyl (C=O) groups is 2. The lowest BCUT2D eigenvalue weighted by atomic mass is 10.1. The third kappa shape index (κ3) is 2.80. The molecular weight excluding hydrogens is 292 g/mol. The maximum absolute atomic E-state index is 11.7. The van der Waals surface area contributed by atoms with E-state index in [9.17, 15) is 19.7 Å². The molecule has 8 heteroatoms. The number of ether oxygens (including phenoxy) is 2. The SMILES string of the molecule is COC(=O)c1cc(-c2cccc([N+](=O)[O-])c2)[nH]c1C(=O)OC. The molecule has 0 aliphatic carbocycles. The molecule has 0 unspecified atom stereocenters. The van der Waals surface area contributed by atoms with Gasteiger partial charge in [-0.15, -0.1) is 0 Å². The second kappa shape index (κ2) is 6.08. The number of aromatic amines is 1. The highest BCUT2D eigenvalue weighted by Crippen LogP contribution is 2.26. The van der Waals surface area contributed by atoms with Gasteiger partial charge in [0, 0.05) is 23.4 Å². The molecule has 1 N–H and O–H groups in total. The Hall–Kier alpha value is -3.16. The summed E-state index contributed by atoms with van der Waals surface area (Å²) < 4.78 is 9.20. The first-order valence-corrected chi connectivity index (χ1v) is 6.12. The normalized spacial score (nSPS) is 10.1. The Kier molecular flexibility index (Phi) is 4.21. The van der Waals surface area contributed by atoms with Crippen molar-refractivity contribution in [2.45, 2.75) is 0 Å². The topological polar surface area (TPSA) is 112 Å². The van der Waals surface area contributed by atoms with Gasteiger partial charge in [0.1, 0.15) is 5.69 Å².